The van der Waals surface area contributed by atoms with Crippen LogP contribution in [0.15, 0.2) is 6.20 Å². The number of aromatic nitrogens is 2. The van der Waals surface area contributed by atoms with E-state index in [2.05, 4.69) is 20.6 Å². The van der Waals surface area contributed by atoms with Gasteiger partial charge in [-0.3, -0.25) is 0 Å². The van der Waals surface area contributed by atoms with Crippen LogP contribution in [0.1, 0.15) is 13.8 Å². The molecule has 1 aromatic rings. The first-order chi connectivity index (χ1) is 6.13. The van der Waals surface area contributed by atoms with Gasteiger partial charge in [-0.2, -0.15) is 4.98 Å². The van der Waals surface area contributed by atoms with Crippen LogP contribution in [0.5, 0.6) is 0 Å². The molecule has 0 fully saturated rings. The second kappa shape index (κ2) is 4.02. The van der Waals surface area contributed by atoms with E-state index < -0.39 is 5.82 Å². The Labute approximate surface area is 76.6 Å². The van der Waals surface area contributed by atoms with Crippen LogP contribution >= 0.6 is 0 Å². The van der Waals surface area contributed by atoms with Crippen molar-refractivity contribution in [1.29, 1.82) is 0 Å². The van der Waals surface area contributed by atoms with Gasteiger partial charge in [-0.15, -0.1) is 0 Å². The van der Waals surface area contributed by atoms with Gasteiger partial charge in [-0.05, 0) is 13.8 Å². The highest BCUT2D eigenvalue weighted by atomic mass is 19.1. The number of halogens is 1. The number of nitrogens with one attached hydrogen (secondary N) is 2. The molecule has 5 heteroatoms. The minimum Gasteiger partial charge on any atom is -0.365 e. The van der Waals surface area contributed by atoms with Crippen LogP contribution in [0.4, 0.5) is 16.2 Å². The molecule has 0 amide bonds. The normalized spacial score (nSPS) is 10.2. The van der Waals surface area contributed by atoms with Gasteiger partial charge < -0.3 is 10.6 Å². The first kappa shape index (κ1) is 9.70. The van der Waals surface area contributed by atoms with Gasteiger partial charge in [-0.1, -0.05) is 0 Å². The van der Waals surface area contributed by atoms with E-state index in [1.165, 1.54) is 0 Å². The Balaban J connectivity index is 2.90. The summed E-state index contributed by atoms with van der Waals surface area (Å²) in [7, 11) is 1.69. The molecule has 13 heavy (non-hydrogen) atoms. The highest BCUT2D eigenvalue weighted by Gasteiger charge is 2.06. The molecule has 0 aliphatic heterocycles. The molecule has 72 valence electrons. The standard InChI is InChI=1S/C8H13FN4/c1-5(2)12-7-6(9)4-11-8(10-3)13-7/h4-5H,1-3H3,(H2,10,11,12,13). The number of hydrogen-bond acceptors (Lipinski definition) is 4. The van der Waals surface area contributed by atoms with Crippen molar-refractivity contribution in [3.63, 3.8) is 0 Å². The van der Waals surface area contributed by atoms with Crippen LogP contribution in [-0.4, -0.2) is 23.1 Å². The summed E-state index contributed by atoms with van der Waals surface area (Å²) in [5.74, 6) is 0.201. The van der Waals surface area contributed by atoms with Gasteiger partial charge in [-0.25, -0.2) is 9.37 Å². The second-order valence-electron chi connectivity index (χ2n) is 2.94. The van der Waals surface area contributed by atoms with Crippen LogP contribution in [0.2, 0.25) is 0 Å². The molecule has 0 radical (unpaired) electrons. The lowest BCUT2D eigenvalue weighted by molar-refractivity contribution is 0.615. The van der Waals surface area contributed by atoms with Crippen molar-refractivity contribution in [3.8, 4) is 0 Å². The van der Waals surface area contributed by atoms with E-state index >= 15 is 0 Å². The molecule has 0 unspecified atom stereocenters. The largest absolute Gasteiger partial charge is 0.365 e. The lowest BCUT2D eigenvalue weighted by atomic mass is 10.4. The molecular weight excluding hydrogens is 171 g/mol. The summed E-state index contributed by atoms with van der Waals surface area (Å²) in [5.41, 5.74) is 0. The molecule has 0 spiro atoms. The summed E-state index contributed by atoms with van der Waals surface area (Å²) in [6, 6.07) is 0.147. The number of hydrogen-bond donors (Lipinski definition) is 2. The minimum absolute atomic E-state index is 0.147. The number of rotatable bonds is 3. The predicted molar refractivity (Wildman–Crippen MR) is 50.3 cm³/mol. The average molecular weight is 184 g/mol. The van der Waals surface area contributed by atoms with Crippen molar-refractivity contribution in [1.82, 2.24) is 9.97 Å². The van der Waals surface area contributed by atoms with Gasteiger partial charge in [0.05, 0.1) is 6.20 Å². The second-order valence-corrected chi connectivity index (χ2v) is 2.94. The third-order valence-electron chi connectivity index (χ3n) is 1.39. The molecule has 0 aliphatic rings. The highest BCUT2D eigenvalue weighted by Crippen LogP contribution is 2.12. The summed E-state index contributed by atoms with van der Waals surface area (Å²) in [6.07, 6.45) is 1.14. The van der Waals surface area contributed by atoms with Crippen molar-refractivity contribution < 1.29 is 4.39 Å². The lowest BCUT2D eigenvalue weighted by Gasteiger charge is -2.10. The van der Waals surface area contributed by atoms with Crippen molar-refractivity contribution in [2.24, 2.45) is 0 Å². The molecule has 0 aliphatic carbocycles. The highest BCUT2D eigenvalue weighted by molar-refractivity contribution is 5.41. The van der Waals surface area contributed by atoms with E-state index in [1.54, 1.807) is 7.05 Å². The molecule has 0 bridgehead atoms. The van der Waals surface area contributed by atoms with Crippen molar-refractivity contribution in [3.05, 3.63) is 12.0 Å². The molecule has 0 saturated heterocycles. The topological polar surface area (TPSA) is 49.8 Å². The maximum absolute atomic E-state index is 13.1. The Kier molecular flexibility index (Phi) is 3.00. The van der Waals surface area contributed by atoms with Crippen LogP contribution < -0.4 is 10.6 Å². The molecule has 1 aromatic heterocycles. The Morgan fingerprint density at radius 1 is 1.46 bits per heavy atom. The molecule has 2 N–H and O–H groups in total. The van der Waals surface area contributed by atoms with Gasteiger partial charge in [0.25, 0.3) is 0 Å². The van der Waals surface area contributed by atoms with Crippen molar-refractivity contribution >= 4 is 11.8 Å². The minimum atomic E-state index is -0.437. The average Bonchev–Trinajstić information content (AvgIpc) is 2.08. The van der Waals surface area contributed by atoms with Crippen LogP contribution in [-0.2, 0) is 0 Å². The van der Waals surface area contributed by atoms with Gasteiger partial charge in [0.1, 0.15) is 0 Å². The fourth-order valence-electron chi connectivity index (χ4n) is 0.862. The zero-order chi connectivity index (χ0) is 9.84. The Bertz CT molecular complexity index is 287. The van der Waals surface area contributed by atoms with Gasteiger partial charge in [0.2, 0.25) is 5.95 Å². The van der Waals surface area contributed by atoms with Crippen LogP contribution in [0.25, 0.3) is 0 Å². The fraction of sp³-hybridized carbons (Fsp3) is 0.500. The summed E-state index contributed by atoms with van der Waals surface area (Å²) < 4.78 is 13.1. The summed E-state index contributed by atoms with van der Waals surface area (Å²) in [5, 5.41) is 5.62. The lowest BCUT2D eigenvalue weighted by Crippen LogP contribution is -2.13. The maximum atomic E-state index is 13.1. The van der Waals surface area contributed by atoms with Crippen LogP contribution in [0, 0.1) is 5.82 Å². The van der Waals surface area contributed by atoms with E-state index in [0.717, 1.165) is 6.20 Å². The molecule has 1 heterocycles. The number of anilines is 2. The van der Waals surface area contributed by atoms with Crippen molar-refractivity contribution in [2.75, 3.05) is 17.7 Å². The fourth-order valence-corrected chi connectivity index (χ4v) is 0.862. The van der Waals surface area contributed by atoms with E-state index in [0.29, 0.717) is 5.95 Å². The Morgan fingerprint density at radius 2 is 2.15 bits per heavy atom. The Morgan fingerprint density at radius 3 is 2.69 bits per heavy atom. The van der Waals surface area contributed by atoms with Gasteiger partial charge >= 0.3 is 0 Å². The van der Waals surface area contributed by atoms with Gasteiger partial charge in [0, 0.05) is 13.1 Å². The third-order valence-corrected chi connectivity index (χ3v) is 1.39. The van der Waals surface area contributed by atoms with E-state index in [1.807, 2.05) is 13.8 Å². The molecule has 0 atom stereocenters. The van der Waals surface area contributed by atoms with E-state index in [4.69, 9.17) is 0 Å². The van der Waals surface area contributed by atoms with E-state index in [-0.39, 0.29) is 11.9 Å². The summed E-state index contributed by atoms with van der Waals surface area (Å²) >= 11 is 0. The number of nitrogens with zero attached hydrogens (tertiary/aromatic N) is 2. The molecule has 0 aromatic carbocycles. The monoisotopic (exact) mass is 184 g/mol. The SMILES string of the molecule is CNc1ncc(F)c(NC(C)C)n1. The molecule has 0 saturated carbocycles. The first-order valence-electron chi connectivity index (χ1n) is 4.10. The summed E-state index contributed by atoms with van der Waals surface area (Å²) in [4.78, 5) is 7.65. The van der Waals surface area contributed by atoms with E-state index in [9.17, 15) is 4.39 Å². The quantitative estimate of drug-likeness (QED) is 0.747. The van der Waals surface area contributed by atoms with Crippen LogP contribution in [0.3, 0.4) is 0 Å². The Hall–Kier alpha value is -1.39. The third kappa shape index (κ3) is 2.54. The van der Waals surface area contributed by atoms with Crippen molar-refractivity contribution in [2.45, 2.75) is 19.9 Å². The molecule has 4 nitrogen and oxygen atoms in total. The maximum Gasteiger partial charge on any atom is 0.224 e. The molecular formula is C8H13FN4. The summed E-state index contributed by atoms with van der Waals surface area (Å²) in [6.45, 7) is 3.83. The first-order valence-corrected chi connectivity index (χ1v) is 4.10. The predicted octanol–water partition coefficient (Wildman–Crippen LogP) is 1.48. The zero-order valence-corrected chi connectivity index (χ0v) is 7.93. The molecule has 1 rings (SSSR count). The van der Waals surface area contributed by atoms with Gasteiger partial charge in [0.15, 0.2) is 11.6 Å². The zero-order valence-electron chi connectivity index (χ0n) is 7.93. The smallest absolute Gasteiger partial charge is 0.224 e.